The number of carbonyl (C=O) groups is 1. The smallest absolute Gasteiger partial charge is 0.318 e. The second kappa shape index (κ2) is 7.74. The van der Waals surface area contributed by atoms with Gasteiger partial charge in [0.25, 0.3) is 0 Å². The highest BCUT2D eigenvalue weighted by Crippen LogP contribution is 2.31. The highest BCUT2D eigenvalue weighted by molar-refractivity contribution is 8.00. The van der Waals surface area contributed by atoms with Crippen LogP contribution in [0, 0.1) is 13.8 Å². The van der Waals surface area contributed by atoms with E-state index in [0.717, 1.165) is 17.1 Å². The van der Waals surface area contributed by atoms with Gasteiger partial charge in [-0.25, -0.2) is 0 Å². The lowest BCUT2D eigenvalue weighted by Crippen LogP contribution is -2.15. The maximum atomic E-state index is 11.8. The van der Waals surface area contributed by atoms with Crippen molar-refractivity contribution < 1.29 is 9.53 Å². The minimum absolute atomic E-state index is 0.286. The number of rotatable bonds is 5. The number of aryl methyl sites for hydroxylation is 2. The summed E-state index contributed by atoms with van der Waals surface area (Å²) < 4.78 is 6.83. The first-order valence-corrected chi connectivity index (χ1v) is 9.22. The van der Waals surface area contributed by atoms with Gasteiger partial charge in [0.05, 0.1) is 12.8 Å². The zero-order chi connectivity index (χ0) is 18.7. The Morgan fingerprint density at radius 1 is 1.08 bits per heavy atom. The van der Waals surface area contributed by atoms with Crippen LogP contribution in [0.3, 0.4) is 0 Å². The van der Waals surface area contributed by atoms with Crippen LogP contribution in [-0.2, 0) is 9.53 Å². The molecule has 0 radical (unpaired) electrons. The predicted molar refractivity (Wildman–Crippen MR) is 104 cm³/mol. The Morgan fingerprint density at radius 3 is 2.46 bits per heavy atom. The van der Waals surface area contributed by atoms with E-state index in [0.29, 0.717) is 5.16 Å². The van der Waals surface area contributed by atoms with Crippen LogP contribution < -0.4 is 0 Å². The Labute approximate surface area is 157 Å². The average Bonchev–Trinajstić information content (AvgIpc) is 3.07. The first-order chi connectivity index (χ1) is 12.5. The zero-order valence-electron chi connectivity index (χ0n) is 15.3. The van der Waals surface area contributed by atoms with Gasteiger partial charge in [0, 0.05) is 5.56 Å². The lowest BCUT2D eigenvalue weighted by molar-refractivity contribution is -0.139. The van der Waals surface area contributed by atoms with Gasteiger partial charge >= 0.3 is 5.97 Å². The van der Waals surface area contributed by atoms with Crippen LogP contribution in [0.5, 0.6) is 0 Å². The molecule has 0 aliphatic heterocycles. The molecule has 0 aliphatic carbocycles. The molecule has 0 bridgehead atoms. The molecule has 0 spiro atoms. The van der Waals surface area contributed by atoms with E-state index in [2.05, 4.69) is 36.2 Å². The highest BCUT2D eigenvalue weighted by atomic mass is 32.2. The number of esters is 1. The van der Waals surface area contributed by atoms with E-state index >= 15 is 0 Å². The Morgan fingerprint density at radius 2 is 1.81 bits per heavy atom. The lowest BCUT2D eigenvalue weighted by atomic mass is 10.1. The van der Waals surface area contributed by atoms with Gasteiger partial charge in [0.2, 0.25) is 0 Å². The molecule has 0 saturated heterocycles. The van der Waals surface area contributed by atoms with E-state index in [1.165, 1.54) is 30.0 Å². The minimum Gasteiger partial charge on any atom is -0.468 e. The maximum Gasteiger partial charge on any atom is 0.318 e. The van der Waals surface area contributed by atoms with Crippen molar-refractivity contribution >= 4 is 17.7 Å². The van der Waals surface area contributed by atoms with Gasteiger partial charge in [-0.1, -0.05) is 48.2 Å². The summed E-state index contributed by atoms with van der Waals surface area (Å²) in [4.78, 5) is 11.8. The molecule has 26 heavy (non-hydrogen) atoms. The summed E-state index contributed by atoms with van der Waals surface area (Å²) in [6, 6.07) is 16.1. The van der Waals surface area contributed by atoms with Crippen molar-refractivity contribution in [1.29, 1.82) is 0 Å². The molecule has 0 aliphatic rings. The summed E-state index contributed by atoms with van der Waals surface area (Å²) in [5.74, 6) is 0.458. The summed E-state index contributed by atoms with van der Waals surface area (Å²) in [6.45, 7) is 5.96. The second-order valence-corrected chi connectivity index (χ2v) is 7.37. The highest BCUT2D eigenvalue weighted by Gasteiger charge is 2.22. The van der Waals surface area contributed by atoms with Crippen LogP contribution in [-0.4, -0.2) is 33.1 Å². The topological polar surface area (TPSA) is 57.0 Å². The van der Waals surface area contributed by atoms with Gasteiger partial charge in [-0.05, 0) is 44.0 Å². The first-order valence-electron chi connectivity index (χ1n) is 8.34. The number of ether oxygens (including phenoxy) is 1. The van der Waals surface area contributed by atoms with Crippen LogP contribution in [0.4, 0.5) is 0 Å². The minimum atomic E-state index is -0.377. The maximum absolute atomic E-state index is 11.8. The molecule has 0 fully saturated rings. The fourth-order valence-electron chi connectivity index (χ4n) is 2.59. The van der Waals surface area contributed by atoms with Crippen molar-refractivity contribution in [2.24, 2.45) is 0 Å². The van der Waals surface area contributed by atoms with Gasteiger partial charge in [-0.15, -0.1) is 10.2 Å². The first kappa shape index (κ1) is 18.2. The van der Waals surface area contributed by atoms with Crippen molar-refractivity contribution in [2.45, 2.75) is 31.2 Å². The molecular weight excluding hydrogens is 346 g/mol. The monoisotopic (exact) mass is 367 g/mol. The Hall–Kier alpha value is -2.60. The molecule has 1 heterocycles. The molecule has 3 aromatic rings. The predicted octanol–water partition coefficient (Wildman–Crippen LogP) is 4.20. The summed E-state index contributed by atoms with van der Waals surface area (Å²) >= 11 is 1.34. The zero-order valence-corrected chi connectivity index (χ0v) is 16.1. The van der Waals surface area contributed by atoms with Gasteiger partial charge in [0.1, 0.15) is 5.25 Å². The summed E-state index contributed by atoms with van der Waals surface area (Å²) in [7, 11) is 1.39. The van der Waals surface area contributed by atoms with Gasteiger partial charge in [-0.2, -0.15) is 0 Å². The number of carbonyl (C=O) groups excluding carboxylic acids is 1. The lowest BCUT2D eigenvalue weighted by Gasteiger charge is -2.14. The van der Waals surface area contributed by atoms with Gasteiger partial charge < -0.3 is 4.74 Å². The number of aromatic nitrogens is 3. The van der Waals surface area contributed by atoms with Crippen molar-refractivity contribution in [3.8, 4) is 17.1 Å². The molecule has 0 saturated carbocycles. The molecule has 5 nitrogen and oxygen atoms in total. The SMILES string of the molecule is COC(=O)C(C)Sc1nnc(-c2ccccc2)n1-c1ccc(C)c(C)c1. The van der Waals surface area contributed by atoms with Crippen LogP contribution in [0.1, 0.15) is 18.1 Å². The molecule has 3 rings (SSSR count). The van der Waals surface area contributed by atoms with E-state index in [4.69, 9.17) is 4.74 Å². The Balaban J connectivity index is 2.12. The Kier molecular flexibility index (Phi) is 5.42. The summed E-state index contributed by atoms with van der Waals surface area (Å²) in [5, 5.41) is 9.02. The van der Waals surface area contributed by atoms with Crippen LogP contribution >= 0.6 is 11.8 Å². The largest absolute Gasteiger partial charge is 0.468 e. The number of benzene rings is 2. The van der Waals surface area contributed by atoms with E-state index in [1.807, 2.05) is 41.0 Å². The molecule has 0 amide bonds. The molecule has 1 atom stereocenters. The molecule has 1 unspecified atom stereocenters. The molecular formula is C20H21N3O2S. The molecule has 1 aromatic heterocycles. The normalized spacial score (nSPS) is 12.0. The van der Waals surface area contributed by atoms with Crippen molar-refractivity contribution in [3.05, 3.63) is 59.7 Å². The van der Waals surface area contributed by atoms with Gasteiger partial charge in [0.15, 0.2) is 11.0 Å². The fraction of sp³-hybridized carbons (Fsp3) is 0.250. The average molecular weight is 367 g/mol. The van der Waals surface area contributed by atoms with Crippen LogP contribution in [0.2, 0.25) is 0 Å². The fourth-order valence-corrected chi connectivity index (χ4v) is 3.48. The second-order valence-electron chi connectivity index (χ2n) is 6.06. The number of hydrogen-bond donors (Lipinski definition) is 0. The number of hydrogen-bond acceptors (Lipinski definition) is 5. The van der Waals surface area contributed by atoms with Crippen molar-refractivity contribution in [1.82, 2.24) is 14.8 Å². The number of nitrogens with zero attached hydrogens (tertiary/aromatic N) is 3. The van der Waals surface area contributed by atoms with Crippen LogP contribution in [0.25, 0.3) is 17.1 Å². The van der Waals surface area contributed by atoms with E-state index in [-0.39, 0.29) is 11.2 Å². The van der Waals surface area contributed by atoms with Crippen LogP contribution in [0.15, 0.2) is 53.7 Å². The third kappa shape index (κ3) is 3.65. The third-order valence-corrected chi connectivity index (χ3v) is 5.25. The van der Waals surface area contributed by atoms with E-state index in [9.17, 15) is 4.79 Å². The summed E-state index contributed by atoms with van der Waals surface area (Å²) in [6.07, 6.45) is 0. The van der Waals surface area contributed by atoms with Crippen molar-refractivity contribution in [3.63, 3.8) is 0 Å². The molecule has 134 valence electrons. The van der Waals surface area contributed by atoms with E-state index < -0.39 is 0 Å². The number of methoxy groups -OCH3 is 1. The molecule has 0 N–H and O–H groups in total. The third-order valence-electron chi connectivity index (χ3n) is 4.23. The number of thioether (sulfide) groups is 1. The quantitative estimate of drug-likeness (QED) is 0.499. The van der Waals surface area contributed by atoms with Gasteiger partial charge in [-0.3, -0.25) is 9.36 Å². The summed E-state index contributed by atoms with van der Waals surface area (Å²) in [5.41, 5.74) is 4.35. The standard InChI is InChI=1S/C20H21N3O2S/c1-13-10-11-17(12-14(13)2)23-18(16-8-6-5-7-9-16)21-22-20(23)26-15(3)19(24)25-4/h5-12,15H,1-4H3. The van der Waals surface area contributed by atoms with E-state index in [1.54, 1.807) is 6.92 Å². The molecule has 6 heteroatoms. The Bertz CT molecular complexity index is 922. The molecule has 2 aromatic carbocycles. The van der Waals surface area contributed by atoms with Crippen molar-refractivity contribution in [2.75, 3.05) is 7.11 Å².